The largest absolute Gasteiger partial charge is 0.0959 e. The Kier molecular flexibility index (Phi) is 7.81. The van der Waals surface area contributed by atoms with Gasteiger partial charge in [-0.2, -0.15) is 0 Å². The lowest BCUT2D eigenvalue weighted by atomic mass is 9.99. The summed E-state index contributed by atoms with van der Waals surface area (Å²) < 4.78 is 0. The van der Waals surface area contributed by atoms with Crippen LogP contribution in [0.1, 0.15) is 99.5 Å². The summed E-state index contributed by atoms with van der Waals surface area (Å²) in [6.45, 7) is 0. The van der Waals surface area contributed by atoms with E-state index in [0.29, 0.717) is 0 Å². The molecule has 2 aliphatic carbocycles. The Balaban J connectivity index is 1.45. The van der Waals surface area contributed by atoms with E-state index in [-0.39, 0.29) is 15.8 Å². The molecule has 0 bridgehead atoms. The van der Waals surface area contributed by atoms with Crippen molar-refractivity contribution in [1.29, 1.82) is 0 Å². The van der Waals surface area contributed by atoms with Crippen molar-refractivity contribution in [2.75, 3.05) is 5.90 Å². The van der Waals surface area contributed by atoms with E-state index in [0.717, 1.165) is 22.6 Å². The Morgan fingerprint density at radius 3 is 1.39 bits per heavy atom. The summed E-state index contributed by atoms with van der Waals surface area (Å²) in [5.74, 6) is 1.61. The molecule has 2 atom stereocenters. The Morgan fingerprint density at radius 2 is 0.968 bits per heavy atom. The topological polar surface area (TPSA) is 0 Å². The molecular formula is C29H40P2. The van der Waals surface area contributed by atoms with E-state index in [1.54, 1.807) is 42.7 Å². The second kappa shape index (κ2) is 10.9. The molecule has 0 radical (unpaired) electrons. The molecule has 0 nitrogen and oxygen atoms in total. The van der Waals surface area contributed by atoms with E-state index < -0.39 is 0 Å². The van der Waals surface area contributed by atoms with Crippen molar-refractivity contribution >= 4 is 15.8 Å². The highest BCUT2D eigenvalue weighted by Gasteiger charge is 2.41. The molecule has 1 heterocycles. The Labute approximate surface area is 193 Å². The predicted octanol–water partition coefficient (Wildman–Crippen LogP) is 9.85. The summed E-state index contributed by atoms with van der Waals surface area (Å²) in [7, 11) is 0.202. The molecule has 1 saturated heterocycles. The first-order chi connectivity index (χ1) is 15.4. The lowest BCUT2D eigenvalue weighted by molar-refractivity contribution is 0.485. The van der Waals surface area contributed by atoms with Crippen molar-refractivity contribution in [3.8, 4) is 0 Å². The third kappa shape index (κ3) is 5.28. The highest BCUT2D eigenvalue weighted by molar-refractivity contribution is 7.75. The van der Waals surface area contributed by atoms with Crippen molar-refractivity contribution < 1.29 is 0 Å². The fourth-order valence-electron chi connectivity index (χ4n) is 6.67. The summed E-state index contributed by atoms with van der Waals surface area (Å²) in [6, 6.07) is 23.3. The van der Waals surface area contributed by atoms with Crippen LogP contribution in [0.3, 0.4) is 0 Å². The third-order valence-corrected chi connectivity index (χ3v) is 16.5. The normalized spacial score (nSPS) is 26.5. The van der Waals surface area contributed by atoms with Gasteiger partial charge in [0, 0.05) is 11.3 Å². The minimum atomic E-state index is 0.0153. The van der Waals surface area contributed by atoms with Gasteiger partial charge in [0.2, 0.25) is 0 Å². The fraction of sp³-hybridized carbons (Fsp3) is 0.586. The summed E-state index contributed by atoms with van der Waals surface area (Å²) >= 11 is 0. The molecule has 5 rings (SSSR count). The summed E-state index contributed by atoms with van der Waals surface area (Å²) in [6.07, 6.45) is 18.1. The van der Waals surface area contributed by atoms with Crippen molar-refractivity contribution in [2.45, 2.75) is 99.7 Å². The Morgan fingerprint density at radius 1 is 0.548 bits per heavy atom. The number of hydrogen-bond donors (Lipinski definition) is 0. The predicted molar refractivity (Wildman–Crippen MR) is 140 cm³/mol. The molecule has 2 aromatic carbocycles. The molecule has 2 saturated carbocycles. The van der Waals surface area contributed by atoms with Crippen LogP contribution in [0, 0.1) is 0 Å². The zero-order valence-corrected chi connectivity index (χ0v) is 21.0. The van der Waals surface area contributed by atoms with Crippen LogP contribution in [-0.4, -0.2) is 17.2 Å². The van der Waals surface area contributed by atoms with Crippen LogP contribution in [0.5, 0.6) is 0 Å². The van der Waals surface area contributed by atoms with Crippen LogP contribution in [0.4, 0.5) is 0 Å². The second-order valence-corrected chi connectivity index (χ2v) is 16.1. The van der Waals surface area contributed by atoms with Gasteiger partial charge in [0.25, 0.3) is 0 Å². The number of rotatable bonds is 6. The zero-order valence-electron chi connectivity index (χ0n) is 19.2. The average Bonchev–Trinajstić information content (AvgIpc) is 3.28. The van der Waals surface area contributed by atoms with Crippen molar-refractivity contribution in [2.24, 2.45) is 0 Å². The first-order valence-electron chi connectivity index (χ1n) is 13.0. The van der Waals surface area contributed by atoms with Gasteiger partial charge in [0.05, 0.1) is 0 Å². The maximum Gasteiger partial charge on any atom is 0.00507 e. The van der Waals surface area contributed by atoms with E-state index >= 15 is 0 Å². The Hall–Kier alpha value is -0.700. The standard InChI is InChI=1S/C29H40P2/c1-5-13-24(14-6-1)28-21-22-29(25-15-7-2-8-16-25)31(28)23-30(26-17-9-3-10-18-26)27-19-11-4-12-20-27/h1-2,5-8,13-16,26-29H,3-4,9-12,17-23H2/t28-,29-/m1/s1. The van der Waals surface area contributed by atoms with Gasteiger partial charge in [0.1, 0.15) is 0 Å². The van der Waals surface area contributed by atoms with Gasteiger partial charge in [-0.25, -0.2) is 0 Å². The minimum Gasteiger partial charge on any atom is -0.0959 e. The first kappa shape index (κ1) is 22.1. The fourth-order valence-corrected chi connectivity index (χ4v) is 16.8. The summed E-state index contributed by atoms with van der Waals surface area (Å²) in [4.78, 5) is 0. The highest BCUT2D eigenvalue weighted by Crippen LogP contribution is 2.76. The lowest BCUT2D eigenvalue weighted by Gasteiger charge is -2.42. The molecule has 1 aliphatic heterocycles. The molecule has 0 N–H and O–H groups in total. The van der Waals surface area contributed by atoms with E-state index in [9.17, 15) is 0 Å². The quantitative estimate of drug-likeness (QED) is 0.384. The molecule has 3 aliphatic rings. The molecule has 3 fully saturated rings. The molecule has 0 unspecified atom stereocenters. The maximum absolute atomic E-state index is 2.44. The van der Waals surface area contributed by atoms with Gasteiger partial charge in [0.15, 0.2) is 0 Å². The summed E-state index contributed by atoms with van der Waals surface area (Å²) in [5.41, 5.74) is 7.13. The first-order valence-corrected chi connectivity index (χ1v) is 16.3. The van der Waals surface area contributed by atoms with Gasteiger partial charge in [-0.1, -0.05) is 115 Å². The van der Waals surface area contributed by atoms with Crippen LogP contribution >= 0.6 is 15.8 Å². The van der Waals surface area contributed by atoms with Crippen molar-refractivity contribution in [3.63, 3.8) is 0 Å². The molecule has 0 spiro atoms. The number of hydrogen-bond acceptors (Lipinski definition) is 0. The second-order valence-electron chi connectivity index (χ2n) is 10.2. The molecule has 2 aromatic rings. The SMILES string of the molecule is c1ccc([C@H]2CC[C@H](c3ccccc3)P2CP(C2CCCCC2)C2CCCCC2)cc1. The summed E-state index contributed by atoms with van der Waals surface area (Å²) in [5, 5.41) is 0. The van der Waals surface area contributed by atoms with E-state index in [2.05, 4.69) is 60.7 Å². The van der Waals surface area contributed by atoms with E-state index in [1.807, 2.05) is 0 Å². The Bertz CT molecular complexity index is 711. The monoisotopic (exact) mass is 450 g/mol. The highest BCUT2D eigenvalue weighted by atomic mass is 31.2. The van der Waals surface area contributed by atoms with Crippen molar-refractivity contribution in [3.05, 3.63) is 71.8 Å². The van der Waals surface area contributed by atoms with Crippen LogP contribution in [0.15, 0.2) is 60.7 Å². The number of benzene rings is 2. The average molecular weight is 451 g/mol. The molecule has 166 valence electrons. The van der Waals surface area contributed by atoms with Crippen LogP contribution < -0.4 is 0 Å². The lowest BCUT2D eigenvalue weighted by Crippen LogP contribution is -2.22. The molecule has 0 amide bonds. The zero-order chi connectivity index (χ0) is 20.9. The van der Waals surface area contributed by atoms with Crippen LogP contribution in [-0.2, 0) is 0 Å². The van der Waals surface area contributed by atoms with Gasteiger partial charge >= 0.3 is 0 Å². The van der Waals surface area contributed by atoms with Crippen LogP contribution in [0.2, 0.25) is 0 Å². The minimum absolute atomic E-state index is 0.0153. The van der Waals surface area contributed by atoms with Crippen molar-refractivity contribution in [1.82, 2.24) is 0 Å². The van der Waals surface area contributed by atoms with Gasteiger partial charge < -0.3 is 0 Å². The molecule has 0 aromatic heterocycles. The van der Waals surface area contributed by atoms with Gasteiger partial charge in [-0.3, -0.25) is 0 Å². The smallest absolute Gasteiger partial charge is 0.00507 e. The molecule has 2 heteroatoms. The van der Waals surface area contributed by atoms with Gasteiger partial charge in [-0.05, 0) is 66.9 Å². The maximum atomic E-state index is 2.44. The van der Waals surface area contributed by atoms with Gasteiger partial charge in [-0.15, -0.1) is 0 Å². The third-order valence-electron chi connectivity index (χ3n) is 8.30. The van der Waals surface area contributed by atoms with E-state index in [4.69, 9.17) is 0 Å². The molecular weight excluding hydrogens is 410 g/mol. The molecule has 31 heavy (non-hydrogen) atoms. The van der Waals surface area contributed by atoms with E-state index in [1.165, 1.54) is 51.4 Å². The van der Waals surface area contributed by atoms with Crippen LogP contribution in [0.25, 0.3) is 0 Å².